The van der Waals surface area contributed by atoms with Gasteiger partial charge in [-0.05, 0) is 31.2 Å². The van der Waals surface area contributed by atoms with Crippen molar-refractivity contribution >= 4 is 0 Å². The number of aromatic nitrogens is 3. The molecule has 2 aromatic heterocycles. The van der Waals surface area contributed by atoms with Crippen LogP contribution in [0.5, 0.6) is 0 Å². The zero-order chi connectivity index (χ0) is 9.10. The van der Waals surface area contributed by atoms with Gasteiger partial charge in [-0.15, -0.1) is 0 Å². The van der Waals surface area contributed by atoms with E-state index >= 15 is 0 Å². The molecule has 0 unspecified atom stereocenters. The van der Waals surface area contributed by atoms with E-state index in [0.29, 0.717) is 0 Å². The van der Waals surface area contributed by atoms with Gasteiger partial charge in [0.05, 0.1) is 5.69 Å². The van der Waals surface area contributed by atoms with Crippen molar-refractivity contribution in [3.63, 3.8) is 0 Å². The maximum atomic E-state index is 4.19. The molecule has 0 radical (unpaired) electrons. The molecule has 0 atom stereocenters. The molecular weight excluding hydrogens is 162 g/mol. The van der Waals surface area contributed by atoms with Gasteiger partial charge in [0.25, 0.3) is 0 Å². The van der Waals surface area contributed by atoms with Gasteiger partial charge in [-0.2, -0.15) is 10.2 Å². The van der Waals surface area contributed by atoms with Crippen LogP contribution in [0.4, 0.5) is 0 Å². The second-order valence-electron chi connectivity index (χ2n) is 2.75. The van der Waals surface area contributed by atoms with Crippen molar-refractivity contribution in [3.8, 4) is 11.3 Å². The maximum Gasteiger partial charge on any atom is 0.0947 e. The highest BCUT2D eigenvalue weighted by atomic mass is 15.1. The monoisotopic (exact) mass is 171 g/mol. The Morgan fingerprint density at radius 3 is 2.62 bits per heavy atom. The standard InChI is InChI=1S/C10H9N3/c1-8-9(4-2-6-11-8)10-5-3-7-12-13-10/h2-7H,1H3. The molecule has 0 bridgehead atoms. The van der Waals surface area contributed by atoms with E-state index in [2.05, 4.69) is 15.2 Å². The zero-order valence-electron chi connectivity index (χ0n) is 7.31. The third kappa shape index (κ3) is 1.54. The Kier molecular flexibility index (Phi) is 2.00. The van der Waals surface area contributed by atoms with Gasteiger partial charge in [0.2, 0.25) is 0 Å². The van der Waals surface area contributed by atoms with Crippen molar-refractivity contribution in [2.24, 2.45) is 0 Å². The van der Waals surface area contributed by atoms with Gasteiger partial charge in [0.1, 0.15) is 0 Å². The topological polar surface area (TPSA) is 38.7 Å². The minimum atomic E-state index is 0.869. The molecule has 64 valence electrons. The van der Waals surface area contributed by atoms with Crippen LogP contribution in [0.1, 0.15) is 5.69 Å². The number of aryl methyl sites for hydroxylation is 1. The van der Waals surface area contributed by atoms with Crippen molar-refractivity contribution in [1.82, 2.24) is 15.2 Å². The van der Waals surface area contributed by atoms with Gasteiger partial charge in [0, 0.05) is 23.7 Å². The first-order valence-electron chi connectivity index (χ1n) is 4.07. The van der Waals surface area contributed by atoms with Crippen LogP contribution in [-0.4, -0.2) is 15.2 Å². The summed E-state index contributed by atoms with van der Waals surface area (Å²) in [5.41, 5.74) is 2.88. The molecule has 0 aliphatic carbocycles. The minimum Gasteiger partial charge on any atom is -0.261 e. The molecule has 0 amide bonds. The Balaban J connectivity index is 2.54. The van der Waals surface area contributed by atoms with Crippen LogP contribution in [-0.2, 0) is 0 Å². The van der Waals surface area contributed by atoms with Crippen LogP contribution >= 0.6 is 0 Å². The van der Waals surface area contributed by atoms with Crippen molar-refractivity contribution in [2.45, 2.75) is 6.92 Å². The van der Waals surface area contributed by atoms with E-state index in [9.17, 15) is 0 Å². The molecule has 2 aromatic rings. The lowest BCUT2D eigenvalue weighted by Crippen LogP contribution is -1.90. The summed E-state index contributed by atoms with van der Waals surface area (Å²) in [5, 5.41) is 7.84. The molecule has 0 aliphatic heterocycles. The third-order valence-electron chi connectivity index (χ3n) is 1.86. The second kappa shape index (κ2) is 3.31. The first kappa shape index (κ1) is 7.86. The van der Waals surface area contributed by atoms with Crippen molar-refractivity contribution < 1.29 is 0 Å². The Morgan fingerprint density at radius 2 is 1.92 bits per heavy atom. The summed E-state index contributed by atoms with van der Waals surface area (Å²) in [6, 6.07) is 7.69. The Bertz CT molecular complexity index is 398. The number of rotatable bonds is 1. The highest BCUT2D eigenvalue weighted by Crippen LogP contribution is 2.17. The van der Waals surface area contributed by atoms with Crippen molar-refractivity contribution in [1.29, 1.82) is 0 Å². The van der Waals surface area contributed by atoms with E-state index in [-0.39, 0.29) is 0 Å². The average Bonchev–Trinajstić information content (AvgIpc) is 2.20. The van der Waals surface area contributed by atoms with Crippen molar-refractivity contribution in [3.05, 3.63) is 42.4 Å². The van der Waals surface area contributed by atoms with E-state index < -0.39 is 0 Å². The Morgan fingerprint density at radius 1 is 1.08 bits per heavy atom. The molecule has 3 nitrogen and oxygen atoms in total. The van der Waals surface area contributed by atoms with E-state index in [1.165, 1.54) is 0 Å². The van der Waals surface area contributed by atoms with E-state index in [1.54, 1.807) is 12.4 Å². The SMILES string of the molecule is Cc1ncccc1-c1cccnn1. The molecule has 0 saturated carbocycles. The lowest BCUT2D eigenvalue weighted by Gasteiger charge is -2.01. The average molecular weight is 171 g/mol. The lowest BCUT2D eigenvalue weighted by molar-refractivity contribution is 1.03. The highest BCUT2D eigenvalue weighted by molar-refractivity contribution is 5.60. The predicted octanol–water partition coefficient (Wildman–Crippen LogP) is 1.85. The molecule has 0 saturated heterocycles. The summed E-state index contributed by atoms with van der Waals surface area (Å²) < 4.78 is 0. The summed E-state index contributed by atoms with van der Waals surface area (Å²) in [4.78, 5) is 4.19. The number of hydrogen-bond acceptors (Lipinski definition) is 3. The fraction of sp³-hybridized carbons (Fsp3) is 0.100. The molecule has 0 N–H and O–H groups in total. The number of hydrogen-bond donors (Lipinski definition) is 0. The minimum absolute atomic E-state index is 0.869. The Hall–Kier alpha value is -1.77. The summed E-state index contributed by atoms with van der Waals surface area (Å²) >= 11 is 0. The lowest BCUT2D eigenvalue weighted by atomic mass is 10.1. The zero-order valence-corrected chi connectivity index (χ0v) is 7.31. The highest BCUT2D eigenvalue weighted by Gasteiger charge is 2.01. The summed E-state index contributed by atoms with van der Waals surface area (Å²) in [6.07, 6.45) is 3.43. The van der Waals surface area contributed by atoms with Crippen LogP contribution in [0.2, 0.25) is 0 Å². The molecule has 2 heterocycles. The van der Waals surface area contributed by atoms with Gasteiger partial charge >= 0.3 is 0 Å². The third-order valence-corrected chi connectivity index (χ3v) is 1.86. The van der Waals surface area contributed by atoms with Crippen LogP contribution in [0.3, 0.4) is 0 Å². The van der Waals surface area contributed by atoms with Gasteiger partial charge in [-0.3, -0.25) is 4.98 Å². The van der Waals surface area contributed by atoms with E-state index in [0.717, 1.165) is 17.0 Å². The van der Waals surface area contributed by atoms with Gasteiger partial charge in [-0.1, -0.05) is 0 Å². The largest absolute Gasteiger partial charge is 0.261 e. The molecule has 0 fully saturated rings. The quantitative estimate of drug-likeness (QED) is 0.657. The number of nitrogens with zero attached hydrogens (tertiary/aromatic N) is 3. The van der Waals surface area contributed by atoms with Crippen LogP contribution in [0, 0.1) is 6.92 Å². The summed E-state index contributed by atoms with van der Waals surface area (Å²) in [7, 11) is 0. The summed E-state index contributed by atoms with van der Waals surface area (Å²) in [6.45, 7) is 1.96. The van der Waals surface area contributed by atoms with Crippen LogP contribution < -0.4 is 0 Å². The predicted molar refractivity (Wildman–Crippen MR) is 50.0 cm³/mol. The van der Waals surface area contributed by atoms with Gasteiger partial charge in [0.15, 0.2) is 0 Å². The second-order valence-corrected chi connectivity index (χ2v) is 2.75. The van der Waals surface area contributed by atoms with E-state index in [1.807, 2.05) is 31.2 Å². The molecule has 2 rings (SSSR count). The van der Waals surface area contributed by atoms with Crippen molar-refractivity contribution in [2.75, 3.05) is 0 Å². The van der Waals surface area contributed by atoms with Crippen LogP contribution in [0.15, 0.2) is 36.7 Å². The molecule has 0 aliphatic rings. The first-order valence-corrected chi connectivity index (χ1v) is 4.07. The van der Waals surface area contributed by atoms with Gasteiger partial charge in [-0.25, -0.2) is 0 Å². The first-order chi connectivity index (χ1) is 6.38. The fourth-order valence-corrected chi connectivity index (χ4v) is 1.20. The molecule has 3 heteroatoms. The maximum absolute atomic E-state index is 4.19. The van der Waals surface area contributed by atoms with Gasteiger partial charge < -0.3 is 0 Å². The smallest absolute Gasteiger partial charge is 0.0947 e. The molecule has 0 spiro atoms. The fourth-order valence-electron chi connectivity index (χ4n) is 1.20. The van der Waals surface area contributed by atoms with E-state index in [4.69, 9.17) is 0 Å². The normalized spacial score (nSPS) is 9.92. The Labute approximate surface area is 76.5 Å². The van der Waals surface area contributed by atoms with Crippen LogP contribution in [0.25, 0.3) is 11.3 Å². The summed E-state index contributed by atoms with van der Waals surface area (Å²) in [5.74, 6) is 0. The molecule has 13 heavy (non-hydrogen) atoms. The number of pyridine rings is 1. The molecule has 0 aromatic carbocycles. The molecular formula is C10H9N3.